The van der Waals surface area contributed by atoms with Crippen LogP contribution in [-0.2, 0) is 0 Å². The van der Waals surface area contributed by atoms with Gasteiger partial charge in [0.25, 0.3) is 5.91 Å². The molecular formula is C13H17N3O2. The fourth-order valence-electron chi connectivity index (χ4n) is 2.91. The summed E-state index contributed by atoms with van der Waals surface area (Å²) in [5.41, 5.74) is 0.358. The molecule has 2 fully saturated rings. The van der Waals surface area contributed by atoms with Crippen molar-refractivity contribution >= 4 is 5.91 Å². The molecule has 5 heteroatoms. The van der Waals surface area contributed by atoms with Crippen LogP contribution in [0.4, 0.5) is 0 Å². The monoisotopic (exact) mass is 247 g/mol. The first kappa shape index (κ1) is 11.5. The van der Waals surface area contributed by atoms with E-state index in [1.807, 2.05) is 4.90 Å². The predicted molar refractivity (Wildman–Crippen MR) is 66.4 cm³/mol. The van der Waals surface area contributed by atoms with Crippen LogP contribution in [-0.4, -0.2) is 58.0 Å². The summed E-state index contributed by atoms with van der Waals surface area (Å²) in [5.74, 6) is -0.113. The molecule has 1 unspecified atom stereocenters. The molecule has 0 bridgehead atoms. The molecule has 1 atom stereocenters. The van der Waals surface area contributed by atoms with Crippen molar-refractivity contribution in [3.05, 3.63) is 24.0 Å². The molecule has 2 saturated heterocycles. The first-order chi connectivity index (χ1) is 8.75. The zero-order valence-corrected chi connectivity index (χ0v) is 10.2. The lowest BCUT2D eigenvalue weighted by Gasteiger charge is -2.37. The third-order valence-electron chi connectivity index (χ3n) is 3.91. The van der Waals surface area contributed by atoms with Gasteiger partial charge in [-0.1, -0.05) is 0 Å². The summed E-state index contributed by atoms with van der Waals surface area (Å²) < 4.78 is 0. The van der Waals surface area contributed by atoms with Crippen LogP contribution in [0.25, 0.3) is 0 Å². The van der Waals surface area contributed by atoms with Gasteiger partial charge >= 0.3 is 0 Å². The third-order valence-corrected chi connectivity index (χ3v) is 3.91. The maximum Gasteiger partial charge on any atom is 0.257 e. The van der Waals surface area contributed by atoms with E-state index < -0.39 is 0 Å². The van der Waals surface area contributed by atoms with E-state index in [4.69, 9.17) is 0 Å². The van der Waals surface area contributed by atoms with E-state index in [9.17, 15) is 9.90 Å². The number of pyridine rings is 1. The molecule has 1 N–H and O–H groups in total. The quantitative estimate of drug-likeness (QED) is 0.794. The number of amides is 1. The molecule has 5 nitrogen and oxygen atoms in total. The SMILES string of the molecule is O=C(c1ccncc1O)N1CCN2CCCC2C1. The minimum Gasteiger partial charge on any atom is -0.505 e. The molecule has 3 heterocycles. The number of aromatic nitrogens is 1. The number of hydrogen-bond donors (Lipinski definition) is 1. The van der Waals surface area contributed by atoms with E-state index in [0.717, 1.165) is 26.2 Å². The van der Waals surface area contributed by atoms with Crippen molar-refractivity contribution in [2.45, 2.75) is 18.9 Å². The maximum absolute atomic E-state index is 12.3. The molecule has 96 valence electrons. The molecule has 18 heavy (non-hydrogen) atoms. The summed E-state index contributed by atoms with van der Waals surface area (Å²) in [6.45, 7) is 3.63. The Balaban J connectivity index is 1.75. The second-order valence-corrected chi connectivity index (χ2v) is 4.98. The summed E-state index contributed by atoms with van der Waals surface area (Å²) in [7, 11) is 0. The van der Waals surface area contributed by atoms with Crippen molar-refractivity contribution in [1.82, 2.24) is 14.8 Å². The highest BCUT2D eigenvalue weighted by Crippen LogP contribution is 2.24. The van der Waals surface area contributed by atoms with E-state index in [-0.39, 0.29) is 11.7 Å². The number of fused-ring (bicyclic) bond motifs is 1. The third kappa shape index (κ3) is 1.95. The van der Waals surface area contributed by atoms with Gasteiger partial charge in [0.1, 0.15) is 5.75 Å². The fourth-order valence-corrected chi connectivity index (χ4v) is 2.91. The average Bonchev–Trinajstić information content (AvgIpc) is 2.85. The Hall–Kier alpha value is -1.62. The Kier molecular flexibility index (Phi) is 2.91. The van der Waals surface area contributed by atoms with Gasteiger partial charge in [-0.05, 0) is 25.5 Å². The van der Waals surface area contributed by atoms with Gasteiger partial charge in [0.2, 0.25) is 0 Å². The van der Waals surface area contributed by atoms with Crippen molar-refractivity contribution in [1.29, 1.82) is 0 Å². The number of carbonyl (C=O) groups excluding carboxylic acids is 1. The molecule has 1 amide bonds. The van der Waals surface area contributed by atoms with Gasteiger partial charge in [0.15, 0.2) is 0 Å². The van der Waals surface area contributed by atoms with Gasteiger partial charge in [-0.2, -0.15) is 0 Å². The minimum absolute atomic E-state index is 0.0312. The molecule has 0 saturated carbocycles. The van der Waals surface area contributed by atoms with Crippen molar-refractivity contribution in [2.24, 2.45) is 0 Å². The zero-order chi connectivity index (χ0) is 12.5. The van der Waals surface area contributed by atoms with Crippen molar-refractivity contribution in [3.8, 4) is 5.75 Å². The van der Waals surface area contributed by atoms with Crippen molar-refractivity contribution in [3.63, 3.8) is 0 Å². The number of carbonyl (C=O) groups is 1. The standard InChI is InChI=1S/C13H17N3O2/c17-12-8-14-4-3-11(12)13(18)16-7-6-15-5-1-2-10(15)9-16/h3-4,8,10,17H,1-2,5-7,9H2. The van der Waals surface area contributed by atoms with Crippen LogP contribution in [0.1, 0.15) is 23.2 Å². The van der Waals surface area contributed by atoms with E-state index in [0.29, 0.717) is 11.6 Å². The Labute approximate surface area is 106 Å². The van der Waals surface area contributed by atoms with Gasteiger partial charge in [0.05, 0.1) is 11.8 Å². The first-order valence-corrected chi connectivity index (χ1v) is 6.42. The lowest BCUT2D eigenvalue weighted by molar-refractivity contribution is 0.0568. The molecule has 0 spiro atoms. The molecule has 1 aromatic rings. The minimum atomic E-state index is -0.0820. The first-order valence-electron chi connectivity index (χ1n) is 6.42. The largest absolute Gasteiger partial charge is 0.505 e. The van der Waals surface area contributed by atoms with Gasteiger partial charge in [-0.3, -0.25) is 14.7 Å². The highest BCUT2D eigenvalue weighted by molar-refractivity contribution is 5.96. The summed E-state index contributed by atoms with van der Waals surface area (Å²) >= 11 is 0. The molecule has 2 aliphatic heterocycles. The molecular weight excluding hydrogens is 230 g/mol. The molecule has 2 aliphatic rings. The zero-order valence-electron chi connectivity index (χ0n) is 10.2. The Morgan fingerprint density at radius 1 is 1.39 bits per heavy atom. The van der Waals surface area contributed by atoms with Gasteiger partial charge in [-0.15, -0.1) is 0 Å². The smallest absolute Gasteiger partial charge is 0.257 e. The fraction of sp³-hybridized carbons (Fsp3) is 0.538. The number of hydrogen-bond acceptors (Lipinski definition) is 4. The van der Waals surface area contributed by atoms with Crippen molar-refractivity contribution in [2.75, 3.05) is 26.2 Å². The normalized spacial score (nSPS) is 24.0. The lowest BCUT2D eigenvalue weighted by atomic mass is 10.1. The molecule has 1 aromatic heterocycles. The maximum atomic E-state index is 12.3. The number of aromatic hydroxyl groups is 1. The molecule has 0 aromatic carbocycles. The topological polar surface area (TPSA) is 56.7 Å². The second-order valence-electron chi connectivity index (χ2n) is 4.98. The Morgan fingerprint density at radius 2 is 2.28 bits per heavy atom. The van der Waals surface area contributed by atoms with Crippen LogP contribution in [0, 0.1) is 0 Å². The highest BCUT2D eigenvalue weighted by atomic mass is 16.3. The predicted octanol–water partition coefficient (Wildman–Crippen LogP) is 0.707. The van der Waals surface area contributed by atoms with Crippen LogP contribution >= 0.6 is 0 Å². The van der Waals surface area contributed by atoms with Crippen LogP contribution < -0.4 is 0 Å². The van der Waals surface area contributed by atoms with Gasteiger partial charge in [-0.25, -0.2) is 0 Å². The van der Waals surface area contributed by atoms with E-state index in [1.54, 1.807) is 12.3 Å². The Bertz CT molecular complexity index is 463. The summed E-state index contributed by atoms with van der Waals surface area (Å²) in [6.07, 6.45) is 5.26. The Morgan fingerprint density at radius 3 is 3.11 bits per heavy atom. The van der Waals surface area contributed by atoms with E-state index in [1.165, 1.54) is 19.0 Å². The lowest BCUT2D eigenvalue weighted by Crippen LogP contribution is -2.52. The number of rotatable bonds is 1. The highest BCUT2D eigenvalue weighted by Gasteiger charge is 2.33. The number of piperazine rings is 1. The molecule has 3 rings (SSSR count). The van der Waals surface area contributed by atoms with Crippen LogP contribution in [0.2, 0.25) is 0 Å². The van der Waals surface area contributed by atoms with E-state index in [2.05, 4.69) is 9.88 Å². The average molecular weight is 247 g/mol. The summed E-state index contributed by atoms with van der Waals surface area (Å²) in [4.78, 5) is 20.4. The second kappa shape index (κ2) is 4.57. The van der Waals surface area contributed by atoms with Crippen LogP contribution in [0.3, 0.4) is 0 Å². The van der Waals surface area contributed by atoms with Crippen LogP contribution in [0.15, 0.2) is 18.5 Å². The number of nitrogens with zero attached hydrogens (tertiary/aromatic N) is 3. The van der Waals surface area contributed by atoms with Crippen LogP contribution in [0.5, 0.6) is 5.75 Å². The molecule has 0 radical (unpaired) electrons. The molecule has 0 aliphatic carbocycles. The van der Waals surface area contributed by atoms with E-state index >= 15 is 0 Å². The summed E-state index contributed by atoms with van der Waals surface area (Å²) in [5, 5.41) is 9.68. The van der Waals surface area contributed by atoms with Crippen molar-refractivity contribution < 1.29 is 9.90 Å². The van der Waals surface area contributed by atoms with Gasteiger partial charge < -0.3 is 10.0 Å². The summed E-state index contributed by atoms with van der Waals surface area (Å²) in [6, 6.07) is 2.09. The van der Waals surface area contributed by atoms with Gasteiger partial charge in [0, 0.05) is 31.9 Å².